The lowest BCUT2D eigenvalue weighted by atomic mass is 10.0. The molecule has 0 unspecified atom stereocenters. The Hall–Kier alpha value is -1.97. The van der Waals surface area contributed by atoms with E-state index in [0.717, 1.165) is 12.0 Å². The molecule has 0 radical (unpaired) electrons. The normalized spacial score (nSPS) is 13.9. The van der Waals surface area contributed by atoms with Crippen LogP contribution >= 0.6 is 0 Å². The van der Waals surface area contributed by atoms with Crippen molar-refractivity contribution < 1.29 is 14.3 Å². The largest absolute Gasteiger partial charge is 0.493 e. The van der Waals surface area contributed by atoms with Gasteiger partial charge in [0.2, 0.25) is 5.91 Å². The lowest BCUT2D eigenvalue weighted by Crippen LogP contribution is -2.35. The Labute approximate surface area is 139 Å². The summed E-state index contributed by atoms with van der Waals surface area (Å²) in [6.07, 6.45) is 4.45. The van der Waals surface area contributed by atoms with E-state index in [4.69, 9.17) is 9.47 Å². The highest BCUT2D eigenvalue weighted by molar-refractivity contribution is 5.92. The van der Waals surface area contributed by atoms with Crippen molar-refractivity contribution in [3.8, 4) is 11.5 Å². The topological polar surface area (TPSA) is 47.6 Å². The Bertz CT molecular complexity index is 537. The first kappa shape index (κ1) is 19.1. The molecule has 0 aliphatic rings. The van der Waals surface area contributed by atoms with Crippen molar-refractivity contribution in [2.24, 2.45) is 5.92 Å². The standard InChI is InChI=1S/C19H29NO3/c1-7-14(4)15(5)20-19(21)11-9-16-8-10-17(23-13(2)3)18(12-16)22-6/h8-15H,7H2,1-6H3,(H,20,21)/b11-9-/t14-,15+/m0/s1. The van der Waals surface area contributed by atoms with Crippen LogP contribution in [-0.4, -0.2) is 25.2 Å². The van der Waals surface area contributed by atoms with Crippen LogP contribution < -0.4 is 14.8 Å². The monoisotopic (exact) mass is 319 g/mol. The molecule has 0 bridgehead atoms. The van der Waals surface area contributed by atoms with E-state index >= 15 is 0 Å². The Morgan fingerprint density at radius 1 is 1.22 bits per heavy atom. The molecule has 0 fully saturated rings. The van der Waals surface area contributed by atoms with E-state index < -0.39 is 0 Å². The lowest BCUT2D eigenvalue weighted by molar-refractivity contribution is -0.117. The maximum Gasteiger partial charge on any atom is 0.244 e. The highest BCUT2D eigenvalue weighted by atomic mass is 16.5. The Kier molecular flexibility index (Phi) is 7.66. The van der Waals surface area contributed by atoms with Crippen molar-refractivity contribution in [2.45, 2.75) is 53.2 Å². The molecule has 4 heteroatoms. The molecule has 0 saturated carbocycles. The van der Waals surface area contributed by atoms with Crippen LogP contribution in [0.1, 0.15) is 46.6 Å². The summed E-state index contributed by atoms with van der Waals surface area (Å²) in [6, 6.07) is 5.79. The van der Waals surface area contributed by atoms with Gasteiger partial charge in [-0.05, 0) is 50.5 Å². The van der Waals surface area contributed by atoms with Crippen LogP contribution in [0.5, 0.6) is 11.5 Å². The first-order chi connectivity index (χ1) is 10.9. The number of hydrogen-bond acceptors (Lipinski definition) is 3. The summed E-state index contributed by atoms with van der Waals surface area (Å²) < 4.78 is 11.0. The third kappa shape index (κ3) is 6.35. The van der Waals surface area contributed by atoms with Crippen molar-refractivity contribution in [2.75, 3.05) is 7.11 Å². The number of carbonyl (C=O) groups excluding carboxylic acids is 1. The molecule has 0 heterocycles. The number of carbonyl (C=O) groups is 1. The maximum atomic E-state index is 12.0. The van der Waals surface area contributed by atoms with Crippen LogP contribution in [0.3, 0.4) is 0 Å². The molecule has 1 N–H and O–H groups in total. The van der Waals surface area contributed by atoms with E-state index in [1.807, 2.05) is 39.0 Å². The van der Waals surface area contributed by atoms with Gasteiger partial charge in [-0.3, -0.25) is 4.79 Å². The smallest absolute Gasteiger partial charge is 0.244 e. The summed E-state index contributed by atoms with van der Waals surface area (Å²) in [5.74, 6) is 1.74. The molecule has 0 aliphatic heterocycles. The number of hydrogen-bond donors (Lipinski definition) is 1. The first-order valence-corrected chi connectivity index (χ1v) is 8.20. The molecule has 1 aromatic rings. The molecule has 2 atom stereocenters. The van der Waals surface area contributed by atoms with Crippen LogP contribution in [0, 0.1) is 5.92 Å². The summed E-state index contributed by atoms with van der Waals surface area (Å²) in [4.78, 5) is 12.0. The third-order valence-corrected chi connectivity index (χ3v) is 3.84. The molecular weight excluding hydrogens is 290 g/mol. The molecule has 1 rings (SSSR count). The number of benzene rings is 1. The fraction of sp³-hybridized carbons (Fsp3) is 0.526. The van der Waals surface area contributed by atoms with Crippen molar-refractivity contribution in [1.82, 2.24) is 5.32 Å². The van der Waals surface area contributed by atoms with Gasteiger partial charge in [0.1, 0.15) is 0 Å². The van der Waals surface area contributed by atoms with Gasteiger partial charge < -0.3 is 14.8 Å². The van der Waals surface area contributed by atoms with Gasteiger partial charge in [0, 0.05) is 12.1 Å². The third-order valence-electron chi connectivity index (χ3n) is 3.84. The van der Waals surface area contributed by atoms with Gasteiger partial charge in [0.25, 0.3) is 0 Å². The zero-order valence-corrected chi connectivity index (χ0v) is 15.1. The van der Waals surface area contributed by atoms with Crippen LogP contribution in [0.4, 0.5) is 0 Å². The highest BCUT2D eigenvalue weighted by Crippen LogP contribution is 2.29. The minimum absolute atomic E-state index is 0.0816. The van der Waals surface area contributed by atoms with Gasteiger partial charge in [-0.15, -0.1) is 0 Å². The first-order valence-electron chi connectivity index (χ1n) is 8.20. The quantitative estimate of drug-likeness (QED) is 0.735. The summed E-state index contributed by atoms with van der Waals surface area (Å²) in [5, 5.41) is 2.99. The predicted octanol–water partition coefficient (Wildman–Crippen LogP) is 4.05. The van der Waals surface area contributed by atoms with Gasteiger partial charge in [0.15, 0.2) is 11.5 Å². The minimum Gasteiger partial charge on any atom is -0.493 e. The van der Waals surface area contributed by atoms with E-state index in [-0.39, 0.29) is 18.1 Å². The number of methoxy groups -OCH3 is 1. The van der Waals surface area contributed by atoms with Gasteiger partial charge in [-0.2, -0.15) is 0 Å². The number of rotatable bonds is 8. The SMILES string of the molecule is CC[C@H](C)[C@@H](C)NC(=O)/C=C\c1ccc(OC(C)C)c(OC)c1. The van der Waals surface area contributed by atoms with Gasteiger partial charge in [0.05, 0.1) is 13.2 Å². The average molecular weight is 319 g/mol. The molecule has 1 aromatic carbocycles. The molecule has 0 aliphatic carbocycles. The fourth-order valence-corrected chi connectivity index (χ4v) is 2.08. The van der Waals surface area contributed by atoms with Crippen molar-refractivity contribution in [3.63, 3.8) is 0 Å². The number of amides is 1. The maximum absolute atomic E-state index is 12.0. The van der Waals surface area contributed by atoms with Gasteiger partial charge >= 0.3 is 0 Å². The van der Waals surface area contributed by atoms with Crippen molar-refractivity contribution in [3.05, 3.63) is 29.8 Å². The number of ether oxygens (including phenoxy) is 2. The zero-order valence-electron chi connectivity index (χ0n) is 15.1. The molecule has 0 spiro atoms. The summed E-state index contributed by atoms with van der Waals surface area (Å²) in [6.45, 7) is 10.2. The number of nitrogens with one attached hydrogen (secondary N) is 1. The van der Waals surface area contributed by atoms with Crippen LogP contribution in [0.2, 0.25) is 0 Å². The van der Waals surface area contributed by atoms with Gasteiger partial charge in [-0.1, -0.05) is 26.3 Å². The van der Waals surface area contributed by atoms with E-state index in [9.17, 15) is 4.79 Å². The Morgan fingerprint density at radius 3 is 2.48 bits per heavy atom. The molecule has 1 amide bonds. The zero-order chi connectivity index (χ0) is 17.4. The van der Waals surface area contributed by atoms with Crippen molar-refractivity contribution >= 4 is 12.0 Å². The predicted molar refractivity (Wildman–Crippen MR) is 94.9 cm³/mol. The second kappa shape index (κ2) is 9.23. The Morgan fingerprint density at radius 2 is 1.91 bits per heavy atom. The molecule has 4 nitrogen and oxygen atoms in total. The summed E-state index contributed by atoms with van der Waals surface area (Å²) in [7, 11) is 1.61. The van der Waals surface area contributed by atoms with Crippen LogP contribution in [0.15, 0.2) is 24.3 Å². The average Bonchev–Trinajstić information content (AvgIpc) is 2.52. The molecule has 0 saturated heterocycles. The van der Waals surface area contributed by atoms with E-state index in [1.54, 1.807) is 19.3 Å². The van der Waals surface area contributed by atoms with Gasteiger partial charge in [-0.25, -0.2) is 0 Å². The summed E-state index contributed by atoms with van der Waals surface area (Å²) >= 11 is 0. The van der Waals surface area contributed by atoms with Crippen LogP contribution in [-0.2, 0) is 4.79 Å². The summed E-state index contributed by atoms with van der Waals surface area (Å²) in [5.41, 5.74) is 0.893. The lowest BCUT2D eigenvalue weighted by Gasteiger charge is -2.18. The Balaban J connectivity index is 2.74. The fourth-order valence-electron chi connectivity index (χ4n) is 2.08. The van der Waals surface area contributed by atoms with Crippen molar-refractivity contribution in [1.29, 1.82) is 0 Å². The minimum atomic E-state index is -0.0840. The van der Waals surface area contributed by atoms with Crippen LogP contribution in [0.25, 0.3) is 6.08 Å². The molecule has 23 heavy (non-hydrogen) atoms. The molecule has 128 valence electrons. The second-order valence-electron chi connectivity index (χ2n) is 6.09. The highest BCUT2D eigenvalue weighted by Gasteiger charge is 2.11. The molecular formula is C19H29NO3. The van der Waals surface area contributed by atoms with E-state index in [1.165, 1.54) is 0 Å². The van der Waals surface area contributed by atoms with E-state index in [2.05, 4.69) is 19.2 Å². The second-order valence-corrected chi connectivity index (χ2v) is 6.09. The molecule has 0 aromatic heterocycles. The van der Waals surface area contributed by atoms with E-state index in [0.29, 0.717) is 17.4 Å².